The largest absolute Gasteiger partial charge is 0.353 e. The van der Waals surface area contributed by atoms with Crippen LogP contribution in [0, 0.1) is 19.8 Å². The maximum atomic E-state index is 12.2. The highest BCUT2D eigenvalue weighted by Crippen LogP contribution is 2.22. The number of halogens is 1. The fourth-order valence-corrected chi connectivity index (χ4v) is 3.72. The number of ketones is 1. The summed E-state index contributed by atoms with van der Waals surface area (Å²) in [6.45, 7) is 7.99. The molecule has 22 heavy (non-hydrogen) atoms. The molecule has 1 saturated heterocycles. The topological polar surface area (TPSA) is 58.2 Å². The molecular formula is C16H25ClN2O2S. The Balaban J connectivity index is 0.00000242. The van der Waals surface area contributed by atoms with Crippen LogP contribution in [-0.2, 0) is 4.79 Å². The minimum Gasteiger partial charge on any atom is -0.353 e. The summed E-state index contributed by atoms with van der Waals surface area (Å²) in [5.74, 6) is 0.511. The van der Waals surface area contributed by atoms with Crippen molar-refractivity contribution in [3.05, 3.63) is 21.4 Å². The van der Waals surface area contributed by atoms with Gasteiger partial charge in [-0.2, -0.15) is 0 Å². The molecule has 2 N–H and O–H groups in total. The number of nitrogens with one attached hydrogen (secondary N) is 2. The minimum atomic E-state index is -0.00768. The second kappa shape index (κ2) is 8.65. The Hall–Kier alpha value is -0.910. The van der Waals surface area contributed by atoms with Crippen molar-refractivity contribution in [2.75, 3.05) is 13.1 Å². The SMILES string of the molecule is Cc1cc(C(=O)CCC(=O)NC2CCNCC2C)c(C)s1.Cl. The highest BCUT2D eigenvalue weighted by Gasteiger charge is 2.23. The lowest BCUT2D eigenvalue weighted by molar-refractivity contribution is -0.122. The lowest BCUT2D eigenvalue weighted by Crippen LogP contribution is -2.48. The van der Waals surface area contributed by atoms with E-state index in [2.05, 4.69) is 17.6 Å². The van der Waals surface area contributed by atoms with E-state index in [1.54, 1.807) is 11.3 Å². The molecule has 2 rings (SSSR count). The molecule has 1 aliphatic heterocycles. The smallest absolute Gasteiger partial charge is 0.220 e. The third-order valence-electron chi connectivity index (χ3n) is 4.05. The number of hydrogen-bond acceptors (Lipinski definition) is 4. The second-order valence-electron chi connectivity index (χ2n) is 5.89. The summed E-state index contributed by atoms with van der Waals surface area (Å²) in [6, 6.07) is 2.16. The lowest BCUT2D eigenvalue weighted by Gasteiger charge is -2.30. The summed E-state index contributed by atoms with van der Waals surface area (Å²) in [7, 11) is 0. The normalized spacial score (nSPS) is 21.0. The van der Waals surface area contributed by atoms with Crippen LogP contribution in [0.15, 0.2) is 6.07 Å². The van der Waals surface area contributed by atoms with Crippen molar-refractivity contribution in [2.24, 2.45) is 5.92 Å². The van der Waals surface area contributed by atoms with Crippen LogP contribution in [0.5, 0.6) is 0 Å². The molecule has 1 fully saturated rings. The molecule has 2 atom stereocenters. The molecule has 0 spiro atoms. The molecule has 0 aromatic carbocycles. The quantitative estimate of drug-likeness (QED) is 0.807. The van der Waals surface area contributed by atoms with Gasteiger partial charge in [-0.05, 0) is 45.3 Å². The van der Waals surface area contributed by atoms with Crippen molar-refractivity contribution in [1.29, 1.82) is 0 Å². The first kappa shape index (κ1) is 19.1. The van der Waals surface area contributed by atoms with Gasteiger partial charge in [-0.15, -0.1) is 23.7 Å². The molecule has 1 aliphatic rings. The summed E-state index contributed by atoms with van der Waals surface area (Å²) in [5, 5.41) is 6.38. The monoisotopic (exact) mass is 344 g/mol. The van der Waals surface area contributed by atoms with Gasteiger partial charge in [-0.1, -0.05) is 6.92 Å². The predicted octanol–water partition coefficient (Wildman–Crippen LogP) is 2.86. The van der Waals surface area contributed by atoms with Gasteiger partial charge in [0.25, 0.3) is 0 Å². The van der Waals surface area contributed by atoms with Gasteiger partial charge in [-0.25, -0.2) is 0 Å². The fourth-order valence-electron chi connectivity index (χ4n) is 2.78. The Labute approximate surface area is 142 Å². The van der Waals surface area contributed by atoms with Gasteiger partial charge < -0.3 is 10.6 Å². The van der Waals surface area contributed by atoms with Gasteiger partial charge in [0.05, 0.1) is 0 Å². The third-order valence-corrected chi connectivity index (χ3v) is 5.02. The molecule has 4 nitrogen and oxygen atoms in total. The Morgan fingerprint density at radius 1 is 1.36 bits per heavy atom. The molecular weight excluding hydrogens is 320 g/mol. The molecule has 0 radical (unpaired) electrons. The van der Waals surface area contributed by atoms with Crippen molar-refractivity contribution in [3.63, 3.8) is 0 Å². The van der Waals surface area contributed by atoms with E-state index in [1.165, 1.54) is 0 Å². The number of piperidine rings is 1. The van der Waals surface area contributed by atoms with Crippen molar-refractivity contribution >= 4 is 35.4 Å². The number of carbonyl (C=O) groups is 2. The highest BCUT2D eigenvalue weighted by atomic mass is 35.5. The summed E-state index contributed by atoms with van der Waals surface area (Å²) in [4.78, 5) is 26.3. The molecule has 1 amide bonds. The zero-order valence-corrected chi connectivity index (χ0v) is 15.0. The molecule has 0 aliphatic carbocycles. The summed E-state index contributed by atoms with van der Waals surface area (Å²) in [6.07, 6.45) is 1.54. The van der Waals surface area contributed by atoms with Crippen molar-refractivity contribution in [2.45, 2.75) is 46.1 Å². The van der Waals surface area contributed by atoms with Gasteiger partial charge >= 0.3 is 0 Å². The van der Waals surface area contributed by atoms with Crippen LogP contribution in [0.25, 0.3) is 0 Å². The summed E-state index contributed by atoms with van der Waals surface area (Å²) in [5.41, 5.74) is 0.778. The molecule has 1 aromatic heterocycles. The average Bonchev–Trinajstić information content (AvgIpc) is 2.78. The van der Waals surface area contributed by atoms with Gasteiger partial charge in [0, 0.05) is 34.2 Å². The Bertz CT molecular complexity index is 530. The van der Waals surface area contributed by atoms with Gasteiger partial charge in [-0.3, -0.25) is 9.59 Å². The first-order valence-corrected chi connectivity index (χ1v) is 8.39. The predicted molar refractivity (Wildman–Crippen MR) is 93.2 cm³/mol. The van der Waals surface area contributed by atoms with Crippen LogP contribution >= 0.6 is 23.7 Å². The number of thiophene rings is 1. The van der Waals surface area contributed by atoms with Gasteiger partial charge in [0.2, 0.25) is 5.91 Å². The highest BCUT2D eigenvalue weighted by molar-refractivity contribution is 7.12. The first-order valence-electron chi connectivity index (χ1n) is 7.57. The van der Waals surface area contributed by atoms with E-state index < -0.39 is 0 Å². The molecule has 6 heteroatoms. The maximum Gasteiger partial charge on any atom is 0.220 e. The zero-order valence-electron chi connectivity index (χ0n) is 13.4. The number of hydrogen-bond donors (Lipinski definition) is 2. The number of Topliss-reactive ketones (excluding diaryl/α,β-unsaturated/α-hetero) is 1. The maximum absolute atomic E-state index is 12.2. The van der Waals surface area contributed by atoms with Gasteiger partial charge in [0.1, 0.15) is 0 Å². The van der Waals surface area contributed by atoms with E-state index in [-0.39, 0.29) is 36.6 Å². The Morgan fingerprint density at radius 3 is 2.68 bits per heavy atom. The second-order valence-corrected chi connectivity index (χ2v) is 7.35. The Morgan fingerprint density at radius 2 is 2.09 bits per heavy atom. The number of amides is 1. The van der Waals surface area contributed by atoms with Crippen molar-refractivity contribution in [3.8, 4) is 0 Å². The fraction of sp³-hybridized carbons (Fsp3) is 0.625. The number of rotatable bonds is 5. The molecule has 0 saturated carbocycles. The molecule has 2 unspecified atom stereocenters. The molecule has 0 bridgehead atoms. The van der Waals surface area contributed by atoms with E-state index in [0.717, 1.165) is 34.8 Å². The van der Waals surface area contributed by atoms with E-state index >= 15 is 0 Å². The van der Waals surface area contributed by atoms with E-state index in [1.807, 2.05) is 19.9 Å². The summed E-state index contributed by atoms with van der Waals surface area (Å²) >= 11 is 1.63. The molecule has 2 heterocycles. The minimum absolute atomic E-state index is 0. The standard InChI is InChI=1S/C16H24N2O2S.ClH/c1-10-9-17-7-6-14(10)18-16(20)5-4-15(19)13-8-11(2)21-12(13)3;/h8,10,14,17H,4-7,9H2,1-3H3,(H,18,20);1H. The van der Waals surface area contributed by atoms with Gasteiger partial charge in [0.15, 0.2) is 5.78 Å². The molecule has 1 aromatic rings. The zero-order chi connectivity index (χ0) is 15.4. The lowest BCUT2D eigenvalue weighted by atomic mass is 9.95. The van der Waals surface area contributed by atoms with E-state index in [9.17, 15) is 9.59 Å². The summed E-state index contributed by atoms with van der Waals surface area (Å²) < 4.78 is 0. The van der Waals surface area contributed by atoms with Crippen LogP contribution in [0.4, 0.5) is 0 Å². The van der Waals surface area contributed by atoms with Crippen molar-refractivity contribution in [1.82, 2.24) is 10.6 Å². The van der Waals surface area contributed by atoms with Crippen LogP contribution in [-0.4, -0.2) is 30.8 Å². The number of carbonyl (C=O) groups excluding carboxylic acids is 2. The van der Waals surface area contributed by atoms with Crippen LogP contribution in [0.1, 0.15) is 46.3 Å². The molecule has 124 valence electrons. The Kier molecular flexibility index (Phi) is 7.53. The third kappa shape index (κ3) is 5.07. The number of aryl methyl sites for hydroxylation is 2. The van der Waals surface area contributed by atoms with E-state index in [4.69, 9.17) is 0 Å². The average molecular weight is 345 g/mol. The van der Waals surface area contributed by atoms with E-state index in [0.29, 0.717) is 12.3 Å². The van der Waals surface area contributed by atoms with Crippen molar-refractivity contribution < 1.29 is 9.59 Å². The van der Waals surface area contributed by atoms with Crippen LogP contribution < -0.4 is 10.6 Å². The van der Waals surface area contributed by atoms with Crippen LogP contribution in [0.2, 0.25) is 0 Å². The van der Waals surface area contributed by atoms with Crippen LogP contribution in [0.3, 0.4) is 0 Å². The first-order chi connectivity index (χ1) is 9.97.